The van der Waals surface area contributed by atoms with Crippen LogP contribution in [0.5, 0.6) is 0 Å². The SMILES string of the molecule is CCCCCSc1ccc(C(C)NCCC)c(Cl)c1. The van der Waals surface area contributed by atoms with Gasteiger partial charge in [-0.2, -0.15) is 0 Å². The van der Waals surface area contributed by atoms with Crippen LogP contribution in [0.4, 0.5) is 0 Å². The molecule has 0 bridgehead atoms. The number of hydrogen-bond acceptors (Lipinski definition) is 2. The van der Waals surface area contributed by atoms with E-state index in [1.807, 2.05) is 11.8 Å². The van der Waals surface area contributed by atoms with Crippen molar-refractivity contribution in [3.8, 4) is 0 Å². The number of benzene rings is 1. The predicted octanol–water partition coefficient (Wildman–Crippen LogP) is 5.68. The van der Waals surface area contributed by atoms with Gasteiger partial charge in [0.1, 0.15) is 0 Å². The Morgan fingerprint density at radius 1 is 1.21 bits per heavy atom. The van der Waals surface area contributed by atoms with Crippen LogP contribution in [0.3, 0.4) is 0 Å². The standard InChI is InChI=1S/C16H26ClNS/c1-4-6-7-11-19-14-8-9-15(16(17)12-14)13(3)18-10-5-2/h8-9,12-13,18H,4-7,10-11H2,1-3H3. The van der Waals surface area contributed by atoms with Crippen LogP contribution in [0.1, 0.15) is 58.1 Å². The Morgan fingerprint density at radius 3 is 2.63 bits per heavy atom. The molecule has 0 saturated carbocycles. The molecule has 0 heterocycles. The normalized spacial score (nSPS) is 12.6. The van der Waals surface area contributed by atoms with Crippen molar-refractivity contribution in [3.63, 3.8) is 0 Å². The van der Waals surface area contributed by atoms with Crippen LogP contribution in [0, 0.1) is 0 Å². The summed E-state index contributed by atoms with van der Waals surface area (Å²) in [5.74, 6) is 1.19. The zero-order chi connectivity index (χ0) is 14.1. The number of rotatable bonds is 9. The number of halogens is 1. The summed E-state index contributed by atoms with van der Waals surface area (Å²) in [6, 6.07) is 6.80. The van der Waals surface area contributed by atoms with Crippen LogP contribution in [-0.2, 0) is 0 Å². The van der Waals surface area contributed by atoms with E-state index < -0.39 is 0 Å². The number of hydrogen-bond donors (Lipinski definition) is 1. The highest BCUT2D eigenvalue weighted by Gasteiger charge is 2.09. The summed E-state index contributed by atoms with van der Waals surface area (Å²) >= 11 is 8.30. The predicted molar refractivity (Wildman–Crippen MR) is 88.4 cm³/mol. The van der Waals surface area contributed by atoms with Gasteiger partial charge in [0.2, 0.25) is 0 Å². The average molecular weight is 300 g/mol. The molecule has 0 aliphatic heterocycles. The maximum Gasteiger partial charge on any atom is 0.0464 e. The molecule has 108 valence electrons. The molecular formula is C16H26ClNS. The Bertz CT molecular complexity index is 368. The molecule has 3 heteroatoms. The second kappa shape index (κ2) is 9.68. The zero-order valence-corrected chi connectivity index (χ0v) is 13.9. The molecule has 19 heavy (non-hydrogen) atoms. The zero-order valence-electron chi connectivity index (χ0n) is 12.3. The molecule has 1 aromatic carbocycles. The van der Waals surface area contributed by atoms with E-state index in [1.54, 1.807) is 0 Å². The highest BCUT2D eigenvalue weighted by atomic mass is 35.5. The van der Waals surface area contributed by atoms with Crippen molar-refractivity contribution in [1.29, 1.82) is 0 Å². The quantitative estimate of drug-likeness (QED) is 0.465. The Balaban J connectivity index is 2.53. The second-order valence-electron chi connectivity index (χ2n) is 4.91. The van der Waals surface area contributed by atoms with Crippen molar-refractivity contribution in [1.82, 2.24) is 5.32 Å². The van der Waals surface area contributed by atoms with Gasteiger partial charge in [0.05, 0.1) is 0 Å². The van der Waals surface area contributed by atoms with Gasteiger partial charge >= 0.3 is 0 Å². The third-order valence-electron chi connectivity index (χ3n) is 3.16. The van der Waals surface area contributed by atoms with E-state index in [0.29, 0.717) is 6.04 Å². The molecule has 1 unspecified atom stereocenters. The highest BCUT2D eigenvalue weighted by Crippen LogP contribution is 2.29. The molecule has 1 rings (SSSR count). The molecule has 1 aromatic rings. The first kappa shape index (κ1) is 16.9. The van der Waals surface area contributed by atoms with E-state index in [-0.39, 0.29) is 0 Å². The summed E-state index contributed by atoms with van der Waals surface area (Å²) in [7, 11) is 0. The lowest BCUT2D eigenvalue weighted by molar-refractivity contribution is 0.570. The van der Waals surface area contributed by atoms with Gasteiger partial charge in [-0.15, -0.1) is 11.8 Å². The smallest absolute Gasteiger partial charge is 0.0464 e. The van der Waals surface area contributed by atoms with Crippen molar-refractivity contribution < 1.29 is 0 Å². The molecule has 1 nitrogen and oxygen atoms in total. The van der Waals surface area contributed by atoms with Crippen LogP contribution in [-0.4, -0.2) is 12.3 Å². The third kappa shape index (κ3) is 6.20. The van der Waals surface area contributed by atoms with Crippen LogP contribution >= 0.6 is 23.4 Å². The molecule has 0 aliphatic rings. The number of unbranched alkanes of at least 4 members (excludes halogenated alkanes) is 2. The van der Waals surface area contributed by atoms with E-state index in [1.165, 1.54) is 35.5 Å². The van der Waals surface area contributed by atoms with Gasteiger partial charge in [0.15, 0.2) is 0 Å². The molecule has 0 fully saturated rings. The highest BCUT2D eigenvalue weighted by molar-refractivity contribution is 7.99. The average Bonchev–Trinajstić information content (AvgIpc) is 2.41. The minimum Gasteiger partial charge on any atom is -0.310 e. The summed E-state index contributed by atoms with van der Waals surface area (Å²) < 4.78 is 0. The number of nitrogens with one attached hydrogen (secondary N) is 1. The van der Waals surface area contributed by atoms with Gasteiger partial charge < -0.3 is 5.32 Å². The topological polar surface area (TPSA) is 12.0 Å². The molecular weight excluding hydrogens is 274 g/mol. The van der Waals surface area contributed by atoms with Crippen molar-refractivity contribution in [3.05, 3.63) is 28.8 Å². The number of thioether (sulfide) groups is 1. The maximum atomic E-state index is 6.39. The maximum absolute atomic E-state index is 6.39. The molecule has 0 aromatic heterocycles. The fourth-order valence-corrected chi connectivity index (χ4v) is 3.32. The van der Waals surface area contributed by atoms with Gasteiger partial charge in [-0.25, -0.2) is 0 Å². The summed E-state index contributed by atoms with van der Waals surface area (Å²) in [5, 5.41) is 4.36. The Hall–Kier alpha value is -0.180. The van der Waals surface area contributed by atoms with E-state index >= 15 is 0 Å². The minimum absolute atomic E-state index is 0.326. The lowest BCUT2D eigenvalue weighted by Crippen LogP contribution is -2.19. The van der Waals surface area contributed by atoms with E-state index in [4.69, 9.17) is 11.6 Å². The van der Waals surface area contributed by atoms with Crippen LogP contribution in [0.15, 0.2) is 23.1 Å². The summed E-state index contributed by atoms with van der Waals surface area (Å²) in [6.07, 6.45) is 5.03. The fourth-order valence-electron chi connectivity index (χ4n) is 1.96. The fraction of sp³-hybridized carbons (Fsp3) is 0.625. The van der Waals surface area contributed by atoms with Crippen molar-refractivity contribution in [2.75, 3.05) is 12.3 Å². The third-order valence-corrected chi connectivity index (χ3v) is 4.56. The van der Waals surface area contributed by atoms with Crippen molar-refractivity contribution in [2.45, 2.75) is 57.4 Å². The Kier molecular flexibility index (Phi) is 8.60. The molecule has 0 aliphatic carbocycles. The Labute approximate surface area is 127 Å². The monoisotopic (exact) mass is 299 g/mol. The summed E-state index contributed by atoms with van der Waals surface area (Å²) in [5.41, 5.74) is 1.20. The van der Waals surface area contributed by atoms with Crippen LogP contribution in [0.25, 0.3) is 0 Å². The first-order valence-corrected chi connectivity index (χ1v) is 8.71. The molecule has 1 atom stereocenters. The second-order valence-corrected chi connectivity index (χ2v) is 6.49. The largest absolute Gasteiger partial charge is 0.310 e. The lowest BCUT2D eigenvalue weighted by Gasteiger charge is -2.16. The first-order chi connectivity index (χ1) is 9.19. The summed E-state index contributed by atoms with van der Waals surface area (Å²) in [4.78, 5) is 1.28. The first-order valence-electron chi connectivity index (χ1n) is 7.34. The van der Waals surface area contributed by atoms with Crippen molar-refractivity contribution in [2.24, 2.45) is 0 Å². The van der Waals surface area contributed by atoms with Crippen LogP contribution < -0.4 is 5.32 Å². The van der Waals surface area contributed by atoms with E-state index in [9.17, 15) is 0 Å². The molecule has 0 saturated heterocycles. The van der Waals surface area contributed by atoms with Gasteiger partial charge in [-0.3, -0.25) is 0 Å². The molecule has 1 N–H and O–H groups in total. The lowest BCUT2D eigenvalue weighted by atomic mass is 10.1. The van der Waals surface area contributed by atoms with E-state index in [0.717, 1.165) is 18.0 Å². The molecule has 0 amide bonds. The minimum atomic E-state index is 0.326. The van der Waals surface area contributed by atoms with Gasteiger partial charge in [-0.05, 0) is 49.8 Å². The molecule has 0 radical (unpaired) electrons. The summed E-state index contributed by atoms with van der Waals surface area (Å²) in [6.45, 7) is 7.62. The van der Waals surface area contributed by atoms with Gasteiger partial charge in [0.25, 0.3) is 0 Å². The van der Waals surface area contributed by atoms with Crippen molar-refractivity contribution >= 4 is 23.4 Å². The van der Waals surface area contributed by atoms with Crippen LogP contribution in [0.2, 0.25) is 5.02 Å². The molecule has 0 spiro atoms. The van der Waals surface area contributed by atoms with Gasteiger partial charge in [0, 0.05) is 16.0 Å². The Morgan fingerprint density at radius 2 is 2.00 bits per heavy atom. The van der Waals surface area contributed by atoms with Gasteiger partial charge in [-0.1, -0.05) is 44.4 Å². The van der Waals surface area contributed by atoms with E-state index in [2.05, 4.69) is 44.3 Å².